The van der Waals surface area contributed by atoms with Gasteiger partial charge in [-0.15, -0.1) is 0 Å². The Kier molecular flexibility index (Phi) is 3.06. The molecule has 0 saturated heterocycles. The highest BCUT2D eigenvalue weighted by Crippen LogP contribution is 2.12. The second-order valence-electron chi connectivity index (χ2n) is 2.96. The van der Waals surface area contributed by atoms with Crippen LogP contribution in [0.1, 0.15) is 19.4 Å². The van der Waals surface area contributed by atoms with E-state index >= 15 is 0 Å². The highest BCUT2D eigenvalue weighted by molar-refractivity contribution is 5.63. The first-order valence-corrected chi connectivity index (χ1v) is 4.12. The van der Waals surface area contributed by atoms with Gasteiger partial charge in [0.1, 0.15) is 0 Å². The van der Waals surface area contributed by atoms with Gasteiger partial charge in [0.05, 0.1) is 6.10 Å². The minimum Gasteiger partial charge on any atom is -0.389 e. The lowest BCUT2D eigenvalue weighted by Crippen LogP contribution is -1.94. The Bertz CT molecular complexity index is 260. The van der Waals surface area contributed by atoms with E-state index < -0.39 is 0 Å². The summed E-state index contributed by atoms with van der Waals surface area (Å²) < 4.78 is 0. The van der Waals surface area contributed by atoms with Crippen LogP contribution >= 0.6 is 0 Å². The SMILES string of the molecule is CC(=CC(C)O)c1ccccc1. The number of benzene rings is 1. The maximum Gasteiger partial charge on any atom is 0.0698 e. The topological polar surface area (TPSA) is 20.2 Å². The molecule has 0 bridgehead atoms. The molecule has 64 valence electrons. The van der Waals surface area contributed by atoms with Gasteiger partial charge >= 0.3 is 0 Å². The van der Waals surface area contributed by atoms with Crippen molar-refractivity contribution in [1.82, 2.24) is 0 Å². The molecule has 1 rings (SSSR count). The summed E-state index contributed by atoms with van der Waals surface area (Å²) in [6, 6.07) is 10.0. The number of hydrogen-bond donors (Lipinski definition) is 1. The van der Waals surface area contributed by atoms with Crippen LogP contribution in [0.2, 0.25) is 0 Å². The maximum atomic E-state index is 9.11. The Morgan fingerprint density at radius 3 is 2.42 bits per heavy atom. The van der Waals surface area contributed by atoms with E-state index in [0.717, 1.165) is 5.57 Å². The van der Waals surface area contributed by atoms with Crippen LogP contribution in [0.15, 0.2) is 36.4 Å². The summed E-state index contributed by atoms with van der Waals surface area (Å²) in [6.07, 6.45) is 1.47. The van der Waals surface area contributed by atoms with Gasteiger partial charge in [-0.25, -0.2) is 0 Å². The van der Waals surface area contributed by atoms with Crippen LogP contribution < -0.4 is 0 Å². The molecule has 1 unspecified atom stereocenters. The first kappa shape index (κ1) is 9.01. The Morgan fingerprint density at radius 2 is 1.92 bits per heavy atom. The van der Waals surface area contributed by atoms with Gasteiger partial charge in [-0.05, 0) is 25.0 Å². The van der Waals surface area contributed by atoms with Gasteiger partial charge < -0.3 is 5.11 Å². The molecule has 1 N–H and O–H groups in total. The molecule has 1 heteroatoms. The molecule has 0 aliphatic carbocycles. The molecule has 1 nitrogen and oxygen atoms in total. The second-order valence-corrected chi connectivity index (χ2v) is 2.96. The molecule has 0 heterocycles. The van der Waals surface area contributed by atoms with Crippen LogP contribution in [0.3, 0.4) is 0 Å². The Labute approximate surface area is 73.4 Å². The zero-order valence-electron chi connectivity index (χ0n) is 7.49. The third-order valence-corrected chi connectivity index (χ3v) is 1.72. The standard InChI is InChI=1S/C11H14O/c1-9(8-10(2)12)11-6-4-3-5-7-11/h3-8,10,12H,1-2H3. The normalized spacial score (nSPS) is 14.4. The fraction of sp³-hybridized carbons (Fsp3) is 0.273. The van der Waals surface area contributed by atoms with E-state index in [1.807, 2.05) is 43.3 Å². The quantitative estimate of drug-likeness (QED) is 0.708. The monoisotopic (exact) mass is 162 g/mol. The van der Waals surface area contributed by atoms with Gasteiger partial charge in [-0.1, -0.05) is 36.4 Å². The van der Waals surface area contributed by atoms with Crippen LogP contribution in [0.5, 0.6) is 0 Å². The largest absolute Gasteiger partial charge is 0.389 e. The van der Waals surface area contributed by atoms with Crippen molar-refractivity contribution in [3.05, 3.63) is 42.0 Å². The van der Waals surface area contributed by atoms with Gasteiger partial charge in [-0.2, -0.15) is 0 Å². The zero-order valence-corrected chi connectivity index (χ0v) is 7.49. The van der Waals surface area contributed by atoms with E-state index in [0.29, 0.717) is 0 Å². The third kappa shape index (κ3) is 2.51. The van der Waals surface area contributed by atoms with Crippen molar-refractivity contribution >= 4 is 5.57 Å². The van der Waals surface area contributed by atoms with Crippen LogP contribution in [-0.4, -0.2) is 11.2 Å². The summed E-state index contributed by atoms with van der Waals surface area (Å²) in [5.74, 6) is 0. The minimum absolute atomic E-state index is 0.370. The predicted octanol–water partition coefficient (Wildman–Crippen LogP) is 2.47. The summed E-state index contributed by atoms with van der Waals surface area (Å²) >= 11 is 0. The lowest BCUT2D eigenvalue weighted by Gasteiger charge is -2.02. The van der Waals surface area contributed by atoms with Crippen molar-refractivity contribution in [3.8, 4) is 0 Å². The number of allylic oxidation sites excluding steroid dienone is 1. The molecule has 0 saturated carbocycles. The summed E-state index contributed by atoms with van der Waals surface area (Å²) in [4.78, 5) is 0. The van der Waals surface area contributed by atoms with Crippen molar-refractivity contribution < 1.29 is 5.11 Å². The van der Waals surface area contributed by atoms with Gasteiger partial charge in [-0.3, -0.25) is 0 Å². The highest BCUT2D eigenvalue weighted by atomic mass is 16.3. The molecule has 12 heavy (non-hydrogen) atoms. The maximum absolute atomic E-state index is 9.11. The highest BCUT2D eigenvalue weighted by Gasteiger charge is 1.95. The third-order valence-electron chi connectivity index (χ3n) is 1.72. The van der Waals surface area contributed by atoms with Gasteiger partial charge in [0.2, 0.25) is 0 Å². The average Bonchev–Trinajstić information content (AvgIpc) is 2.05. The molecule has 0 radical (unpaired) electrons. The van der Waals surface area contributed by atoms with Crippen molar-refractivity contribution in [2.45, 2.75) is 20.0 Å². The summed E-state index contributed by atoms with van der Waals surface area (Å²) in [6.45, 7) is 3.76. The summed E-state index contributed by atoms with van der Waals surface area (Å²) in [5, 5.41) is 9.11. The molecular weight excluding hydrogens is 148 g/mol. The Hall–Kier alpha value is -1.08. The fourth-order valence-electron chi connectivity index (χ4n) is 1.16. The van der Waals surface area contributed by atoms with Crippen LogP contribution in [0, 0.1) is 0 Å². The van der Waals surface area contributed by atoms with E-state index in [2.05, 4.69) is 0 Å². The van der Waals surface area contributed by atoms with Crippen molar-refractivity contribution in [3.63, 3.8) is 0 Å². The van der Waals surface area contributed by atoms with Crippen molar-refractivity contribution in [2.24, 2.45) is 0 Å². The molecule has 0 aliphatic heterocycles. The fourth-order valence-corrected chi connectivity index (χ4v) is 1.16. The van der Waals surface area contributed by atoms with E-state index in [4.69, 9.17) is 5.11 Å². The smallest absolute Gasteiger partial charge is 0.0698 e. The summed E-state index contributed by atoms with van der Waals surface area (Å²) in [7, 11) is 0. The summed E-state index contributed by atoms with van der Waals surface area (Å²) in [5.41, 5.74) is 2.28. The number of aliphatic hydroxyl groups excluding tert-OH is 1. The predicted molar refractivity (Wildman–Crippen MR) is 51.8 cm³/mol. The lowest BCUT2D eigenvalue weighted by molar-refractivity contribution is 0.244. The zero-order chi connectivity index (χ0) is 8.97. The number of aliphatic hydroxyl groups is 1. The second kappa shape index (κ2) is 4.07. The molecule has 1 aromatic rings. The van der Waals surface area contributed by atoms with Crippen LogP contribution in [-0.2, 0) is 0 Å². The van der Waals surface area contributed by atoms with Gasteiger partial charge in [0.25, 0.3) is 0 Å². The van der Waals surface area contributed by atoms with Crippen molar-refractivity contribution in [2.75, 3.05) is 0 Å². The molecular formula is C11H14O. The Balaban J connectivity index is 2.85. The first-order valence-electron chi connectivity index (χ1n) is 4.12. The lowest BCUT2D eigenvalue weighted by atomic mass is 10.1. The van der Waals surface area contributed by atoms with E-state index in [-0.39, 0.29) is 6.10 Å². The van der Waals surface area contributed by atoms with E-state index in [1.54, 1.807) is 6.92 Å². The molecule has 0 aliphatic rings. The molecule has 1 atom stereocenters. The van der Waals surface area contributed by atoms with Gasteiger partial charge in [0, 0.05) is 0 Å². The molecule has 1 aromatic carbocycles. The molecule has 0 amide bonds. The van der Waals surface area contributed by atoms with Crippen molar-refractivity contribution in [1.29, 1.82) is 0 Å². The number of hydrogen-bond acceptors (Lipinski definition) is 1. The average molecular weight is 162 g/mol. The molecule has 0 fully saturated rings. The van der Waals surface area contributed by atoms with Crippen LogP contribution in [0.4, 0.5) is 0 Å². The molecule has 0 aromatic heterocycles. The molecule has 0 spiro atoms. The Morgan fingerprint density at radius 1 is 1.33 bits per heavy atom. The first-order chi connectivity index (χ1) is 5.70. The van der Waals surface area contributed by atoms with E-state index in [1.165, 1.54) is 5.56 Å². The number of rotatable bonds is 2. The van der Waals surface area contributed by atoms with Crippen LogP contribution in [0.25, 0.3) is 5.57 Å². The van der Waals surface area contributed by atoms with Gasteiger partial charge in [0.15, 0.2) is 0 Å². The van der Waals surface area contributed by atoms with E-state index in [9.17, 15) is 0 Å². The minimum atomic E-state index is -0.370.